The Balaban J connectivity index is 1.62. The number of ether oxygens (including phenoxy) is 1. The highest BCUT2D eigenvalue weighted by atomic mass is 32.2. The Morgan fingerprint density at radius 1 is 1.21 bits per heavy atom. The lowest BCUT2D eigenvalue weighted by Crippen LogP contribution is -2.42. The lowest BCUT2D eigenvalue weighted by Gasteiger charge is -2.51. The highest BCUT2D eigenvalue weighted by Gasteiger charge is 2.54. The fraction of sp³-hybridized carbons (Fsp3) is 0.739. The van der Waals surface area contributed by atoms with Crippen molar-refractivity contribution >= 4 is 10.3 Å². The van der Waals surface area contributed by atoms with Gasteiger partial charge in [-0.25, -0.2) is 0 Å². The molecule has 5 nitrogen and oxygen atoms in total. The number of hydrogen-bond donors (Lipinski definition) is 1. The van der Waals surface area contributed by atoms with Gasteiger partial charge in [0.15, 0.2) is 0 Å². The van der Waals surface area contributed by atoms with E-state index in [0.29, 0.717) is 17.1 Å². The SMILES string of the molecule is CCc1cc2c(cc1OS(N)(=O)=O)CC[C@@H]1[C@@H]2CC[C@]2(C)[C@@H](CCOC)CC[C@@H]12. The van der Waals surface area contributed by atoms with Crippen molar-refractivity contribution in [1.82, 2.24) is 0 Å². The van der Waals surface area contributed by atoms with Crippen molar-refractivity contribution in [3.8, 4) is 5.75 Å². The third kappa shape index (κ3) is 3.84. The first-order valence-corrected chi connectivity index (χ1v) is 12.6. The van der Waals surface area contributed by atoms with Crippen LogP contribution in [0, 0.1) is 23.2 Å². The number of nitrogens with two attached hydrogens (primary N) is 1. The quantitative estimate of drug-likeness (QED) is 0.741. The molecule has 3 aliphatic carbocycles. The van der Waals surface area contributed by atoms with Crippen molar-refractivity contribution in [3.05, 3.63) is 28.8 Å². The van der Waals surface area contributed by atoms with E-state index in [-0.39, 0.29) is 0 Å². The highest BCUT2D eigenvalue weighted by molar-refractivity contribution is 7.84. The lowest BCUT2D eigenvalue weighted by molar-refractivity contribution is 0.0181. The van der Waals surface area contributed by atoms with Crippen LogP contribution in [-0.2, 0) is 27.9 Å². The van der Waals surface area contributed by atoms with Gasteiger partial charge in [-0.2, -0.15) is 13.6 Å². The van der Waals surface area contributed by atoms with Crippen molar-refractivity contribution in [2.75, 3.05) is 13.7 Å². The zero-order chi connectivity index (χ0) is 20.8. The molecule has 0 spiro atoms. The van der Waals surface area contributed by atoms with Crippen LogP contribution in [0.5, 0.6) is 5.75 Å². The smallest absolute Gasteiger partial charge is 0.380 e. The summed E-state index contributed by atoms with van der Waals surface area (Å²) in [6, 6.07) is 4.16. The first kappa shape index (κ1) is 21.1. The van der Waals surface area contributed by atoms with Crippen LogP contribution in [0.15, 0.2) is 12.1 Å². The van der Waals surface area contributed by atoms with Crippen LogP contribution < -0.4 is 9.32 Å². The zero-order valence-electron chi connectivity index (χ0n) is 17.9. The van der Waals surface area contributed by atoms with Crippen LogP contribution in [0.25, 0.3) is 0 Å². The molecule has 0 aromatic heterocycles. The fourth-order valence-corrected chi connectivity index (χ4v) is 7.37. The van der Waals surface area contributed by atoms with E-state index in [2.05, 4.69) is 13.0 Å². The predicted molar refractivity (Wildman–Crippen MR) is 114 cm³/mol. The molecule has 2 N–H and O–H groups in total. The summed E-state index contributed by atoms with van der Waals surface area (Å²) in [7, 11) is -2.20. The van der Waals surface area contributed by atoms with Crippen LogP contribution in [0.4, 0.5) is 0 Å². The van der Waals surface area contributed by atoms with Crippen molar-refractivity contribution in [1.29, 1.82) is 0 Å². The molecule has 2 saturated carbocycles. The molecule has 29 heavy (non-hydrogen) atoms. The number of rotatable bonds is 6. The molecule has 0 radical (unpaired) electrons. The van der Waals surface area contributed by atoms with E-state index in [1.165, 1.54) is 49.7 Å². The minimum atomic E-state index is -4.00. The molecule has 2 fully saturated rings. The van der Waals surface area contributed by atoms with Crippen LogP contribution >= 0.6 is 0 Å². The maximum Gasteiger partial charge on any atom is 0.380 e. The standard InChI is InChI=1S/C23H35NO4S/c1-4-15-13-20-16(14-22(15)28-29(24,25)26)5-7-19-18(20)9-11-23(2)17(10-12-27-3)6-8-21(19)23/h13-14,17-19,21H,4-12H2,1-3H3,(H2,24,25,26)/t17-,18+,19-,21+,23-/m1/s1. The Labute approximate surface area is 175 Å². The summed E-state index contributed by atoms with van der Waals surface area (Å²) < 4.78 is 33.4. The molecule has 4 rings (SSSR count). The van der Waals surface area contributed by atoms with E-state index in [1.54, 1.807) is 0 Å². The topological polar surface area (TPSA) is 78.6 Å². The number of aryl methyl sites for hydroxylation is 2. The van der Waals surface area contributed by atoms with Gasteiger partial charge in [-0.3, -0.25) is 0 Å². The summed E-state index contributed by atoms with van der Waals surface area (Å²) in [5.41, 5.74) is 4.07. The first-order valence-electron chi connectivity index (χ1n) is 11.1. The van der Waals surface area contributed by atoms with Crippen LogP contribution in [0.2, 0.25) is 0 Å². The van der Waals surface area contributed by atoms with Gasteiger partial charge >= 0.3 is 10.3 Å². The Hall–Kier alpha value is -1.11. The molecule has 0 aliphatic heterocycles. The summed E-state index contributed by atoms with van der Waals surface area (Å²) in [5.74, 6) is 3.32. The second kappa shape index (κ2) is 7.86. The molecule has 5 atom stereocenters. The average Bonchev–Trinajstić information content (AvgIpc) is 3.00. The van der Waals surface area contributed by atoms with Gasteiger partial charge in [-0.15, -0.1) is 0 Å². The fourth-order valence-electron chi connectivity index (χ4n) is 6.97. The van der Waals surface area contributed by atoms with Crippen LogP contribution in [0.1, 0.15) is 75.0 Å². The Morgan fingerprint density at radius 2 is 2.00 bits per heavy atom. The first-order chi connectivity index (χ1) is 13.8. The Kier molecular flexibility index (Phi) is 5.73. The summed E-state index contributed by atoms with van der Waals surface area (Å²) in [6.07, 6.45) is 9.29. The van der Waals surface area contributed by atoms with Crippen LogP contribution in [-0.4, -0.2) is 22.1 Å². The second-order valence-corrected chi connectivity index (χ2v) is 10.8. The molecule has 0 bridgehead atoms. The third-order valence-electron chi connectivity index (χ3n) is 8.36. The van der Waals surface area contributed by atoms with Gasteiger partial charge in [0.1, 0.15) is 5.75 Å². The molecule has 6 heteroatoms. The number of methoxy groups -OCH3 is 1. The highest BCUT2D eigenvalue weighted by Crippen LogP contribution is 2.63. The third-order valence-corrected chi connectivity index (χ3v) is 8.77. The maximum atomic E-state index is 11.5. The average molecular weight is 422 g/mol. The lowest BCUT2D eigenvalue weighted by atomic mass is 9.54. The molecule has 0 saturated heterocycles. The monoisotopic (exact) mass is 421 g/mol. The maximum absolute atomic E-state index is 11.5. The minimum Gasteiger partial charge on any atom is -0.385 e. The predicted octanol–water partition coefficient (Wildman–Crippen LogP) is 4.34. The largest absolute Gasteiger partial charge is 0.385 e. The molecular weight excluding hydrogens is 386 g/mol. The molecule has 1 aromatic rings. The van der Waals surface area contributed by atoms with Crippen molar-refractivity contribution in [3.63, 3.8) is 0 Å². The molecule has 0 unspecified atom stereocenters. The van der Waals surface area contributed by atoms with E-state index in [0.717, 1.165) is 42.8 Å². The Morgan fingerprint density at radius 3 is 2.69 bits per heavy atom. The van der Waals surface area contributed by atoms with Crippen molar-refractivity contribution in [2.24, 2.45) is 28.3 Å². The van der Waals surface area contributed by atoms with Crippen LogP contribution in [0.3, 0.4) is 0 Å². The van der Waals surface area contributed by atoms with Gasteiger partial charge in [0, 0.05) is 13.7 Å². The van der Waals surface area contributed by atoms with Gasteiger partial charge < -0.3 is 8.92 Å². The zero-order valence-corrected chi connectivity index (χ0v) is 18.8. The molecule has 3 aliphatic rings. The van der Waals surface area contributed by atoms with Crippen molar-refractivity contribution < 1.29 is 17.3 Å². The van der Waals surface area contributed by atoms with Crippen molar-refractivity contribution in [2.45, 2.75) is 71.1 Å². The minimum absolute atomic E-state index is 0.411. The van der Waals surface area contributed by atoms with Gasteiger partial charge in [0.05, 0.1) is 0 Å². The molecule has 0 heterocycles. The van der Waals surface area contributed by atoms with Gasteiger partial charge in [-0.1, -0.05) is 19.9 Å². The van der Waals surface area contributed by atoms with E-state index < -0.39 is 10.3 Å². The van der Waals surface area contributed by atoms with Gasteiger partial charge in [0.2, 0.25) is 0 Å². The van der Waals surface area contributed by atoms with Gasteiger partial charge in [0.25, 0.3) is 0 Å². The van der Waals surface area contributed by atoms with Gasteiger partial charge in [-0.05, 0) is 103 Å². The molecule has 1 aromatic carbocycles. The summed E-state index contributed by atoms with van der Waals surface area (Å²) in [4.78, 5) is 0. The molecule has 0 amide bonds. The molecule has 162 valence electrons. The number of fused-ring (bicyclic) bond motifs is 5. The Bertz CT molecular complexity index is 868. The number of hydrogen-bond acceptors (Lipinski definition) is 4. The summed E-state index contributed by atoms with van der Waals surface area (Å²) in [6.45, 7) is 5.45. The van der Waals surface area contributed by atoms with E-state index in [4.69, 9.17) is 14.1 Å². The number of benzene rings is 1. The van der Waals surface area contributed by atoms with E-state index >= 15 is 0 Å². The summed E-state index contributed by atoms with van der Waals surface area (Å²) >= 11 is 0. The molecular formula is C23H35NO4S. The van der Waals surface area contributed by atoms with E-state index in [1.807, 2.05) is 20.1 Å². The second-order valence-electron chi connectivity index (χ2n) is 9.60. The normalized spacial score (nSPS) is 33.7. The van der Waals surface area contributed by atoms with E-state index in [9.17, 15) is 8.42 Å². The summed E-state index contributed by atoms with van der Waals surface area (Å²) in [5, 5.41) is 5.14.